The molecule has 1 aromatic carbocycles. The number of amides is 1. The molecule has 146 valence electrons. The third-order valence-electron chi connectivity index (χ3n) is 4.67. The van der Waals surface area contributed by atoms with E-state index in [0.717, 1.165) is 55.4 Å². The molecular formula is C21H29N3O2S. The van der Waals surface area contributed by atoms with Crippen LogP contribution in [-0.2, 0) is 16.1 Å². The predicted molar refractivity (Wildman–Crippen MR) is 110 cm³/mol. The van der Waals surface area contributed by atoms with Crippen LogP contribution in [0.15, 0.2) is 41.7 Å². The molecule has 27 heavy (non-hydrogen) atoms. The van der Waals surface area contributed by atoms with Crippen molar-refractivity contribution in [3.05, 3.63) is 36.5 Å². The molecule has 0 radical (unpaired) electrons. The van der Waals surface area contributed by atoms with Crippen LogP contribution in [0.3, 0.4) is 0 Å². The quantitative estimate of drug-likeness (QED) is 0.661. The SMILES string of the molecule is CC(C)CCNC(=O)CSc1ncc(-c2ccccc2)n1C[C@@H]1CCCO1. The highest BCUT2D eigenvalue weighted by Crippen LogP contribution is 2.28. The van der Waals surface area contributed by atoms with Crippen molar-refractivity contribution in [3.8, 4) is 11.3 Å². The van der Waals surface area contributed by atoms with Crippen LogP contribution >= 0.6 is 11.8 Å². The third kappa shape index (κ3) is 5.84. The molecule has 1 fully saturated rings. The number of aromatic nitrogens is 2. The molecule has 1 saturated heterocycles. The number of hydrogen-bond donors (Lipinski definition) is 1. The molecule has 1 aromatic heterocycles. The molecule has 0 bridgehead atoms. The van der Waals surface area contributed by atoms with Crippen LogP contribution in [0.5, 0.6) is 0 Å². The summed E-state index contributed by atoms with van der Waals surface area (Å²) in [6.45, 7) is 6.67. The van der Waals surface area contributed by atoms with Crippen molar-refractivity contribution >= 4 is 17.7 Å². The van der Waals surface area contributed by atoms with Gasteiger partial charge in [-0.05, 0) is 30.7 Å². The Hall–Kier alpha value is -1.79. The first-order valence-electron chi connectivity index (χ1n) is 9.75. The van der Waals surface area contributed by atoms with E-state index in [1.54, 1.807) is 0 Å². The Morgan fingerprint density at radius 2 is 2.19 bits per heavy atom. The summed E-state index contributed by atoms with van der Waals surface area (Å²) in [5.41, 5.74) is 2.21. The van der Waals surface area contributed by atoms with Crippen LogP contribution in [0.4, 0.5) is 0 Å². The zero-order valence-corrected chi connectivity index (χ0v) is 17.0. The number of ether oxygens (including phenoxy) is 1. The van der Waals surface area contributed by atoms with Crippen molar-refractivity contribution in [1.29, 1.82) is 0 Å². The minimum Gasteiger partial charge on any atom is -0.376 e. The molecule has 1 aliphatic heterocycles. The van der Waals surface area contributed by atoms with Crippen LogP contribution in [0.2, 0.25) is 0 Å². The first-order chi connectivity index (χ1) is 13.1. The van der Waals surface area contributed by atoms with Gasteiger partial charge in [-0.2, -0.15) is 0 Å². The Kier molecular flexibility index (Phi) is 7.35. The standard InChI is InChI=1S/C21H29N3O2S/c1-16(2)10-11-22-20(25)15-27-21-23-13-19(17-7-4-3-5-8-17)24(21)14-18-9-6-12-26-18/h3-5,7-8,13,16,18H,6,9-12,14-15H2,1-2H3,(H,22,25)/t18-/m0/s1. The summed E-state index contributed by atoms with van der Waals surface area (Å²) >= 11 is 1.50. The Bertz CT molecular complexity index is 724. The monoisotopic (exact) mass is 387 g/mol. The predicted octanol–water partition coefficient (Wildman–Crippen LogP) is 3.98. The number of carbonyl (C=O) groups is 1. The Morgan fingerprint density at radius 3 is 2.89 bits per heavy atom. The molecule has 1 atom stereocenters. The Labute approximate surface area is 165 Å². The molecule has 2 aromatic rings. The smallest absolute Gasteiger partial charge is 0.230 e. The fraction of sp³-hybridized carbons (Fsp3) is 0.524. The van der Waals surface area contributed by atoms with Crippen molar-refractivity contribution in [2.24, 2.45) is 5.92 Å². The molecule has 6 heteroatoms. The van der Waals surface area contributed by atoms with Gasteiger partial charge < -0.3 is 14.6 Å². The average Bonchev–Trinajstić information content (AvgIpc) is 3.31. The van der Waals surface area contributed by atoms with E-state index in [-0.39, 0.29) is 12.0 Å². The van der Waals surface area contributed by atoms with Gasteiger partial charge in [-0.1, -0.05) is 55.9 Å². The molecule has 0 spiro atoms. The number of thioether (sulfide) groups is 1. The van der Waals surface area contributed by atoms with Gasteiger partial charge in [0.1, 0.15) is 0 Å². The minimum atomic E-state index is 0.0635. The molecule has 0 saturated carbocycles. The zero-order chi connectivity index (χ0) is 19.1. The lowest BCUT2D eigenvalue weighted by Gasteiger charge is -2.16. The number of nitrogens with zero attached hydrogens (tertiary/aromatic N) is 2. The van der Waals surface area contributed by atoms with E-state index >= 15 is 0 Å². The maximum absolute atomic E-state index is 12.1. The molecule has 0 aliphatic carbocycles. The number of hydrogen-bond acceptors (Lipinski definition) is 4. The number of imidazole rings is 1. The normalized spacial score (nSPS) is 16.8. The lowest BCUT2D eigenvalue weighted by atomic mass is 10.1. The molecule has 2 heterocycles. The molecular weight excluding hydrogens is 358 g/mol. The molecule has 5 nitrogen and oxygen atoms in total. The maximum Gasteiger partial charge on any atom is 0.230 e. The van der Waals surface area contributed by atoms with Crippen LogP contribution in [-0.4, -0.2) is 40.5 Å². The minimum absolute atomic E-state index is 0.0635. The van der Waals surface area contributed by atoms with Gasteiger partial charge >= 0.3 is 0 Å². The van der Waals surface area contributed by atoms with Crippen LogP contribution < -0.4 is 5.32 Å². The van der Waals surface area contributed by atoms with Crippen molar-refractivity contribution < 1.29 is 9.53 Å². The summed E-state index contributed by atoms with van der Waals surface area (Å²) in [6.07, 6.45) is 5.32. The van der Waals surface area contributed by atoms with Gasteiger partial charge in [0.25, 0.3) is 0 Å². The largest absolute Gasteiger partial charge is 0.376 e. The van der Waals surface area contributed by atoms with Crippen LogP contribution in [0.25, 0.3) is 11.3 Å². The van der Waals surface area contributed by atoms with Gasteiger partial charge in [0.15, 0.2) is 5.16 Å². The second-order valence-corrected chi connectivity index (χ2v) is 8.30. The highest BCUT2D eigenvalue weighted by Gasteiger charge is 2.21. The lowest BCUT2D eigenvalue weighted by Crippen LogP contribution is -2.27. The van der Waals surface area contributed by atoms with Gasteiger partial charge in [0.2, 0.25) is 5.91 Å². The first kappa shape index (κ1) is 20.0. The lowest BCUT2D eigenvalue weighted by molar-refractivity contribution is -0.118. The number of rotatable bonds is 9. The van der Waals surface area contributed by atoms with Crippen LogP contribution in [0.1, 0.15) is 33.1 Å². The average molecular weight is 388 g/mol. The van der Waals surface area contributed by atoms with Gasteiger partial charge in [0, 0.05) is 13.2 Å². The van der Waals surface area contributed by atoms with E-state index in [4.69, 9.17) is 4.74 Å². The van der Waals surface area contributed by atoms with Gasteiger partial charge in [-0.3, -0.25) is 4.79 Å². The molecule has 3 rings (SSSR count). The second-order valence-electron chi connectivity index (χ2n) is 7.36. The fourth-order valence-corrected chi connectivity index (χ4v) is 3.98. The fourth-order valence-electron chi connectivity index (χ4n) is 3.16. The zero-order valence-electron chi connectivity index (χ0n) is 16.2. The highest BCUT2D eigenvalue weighted by atomic mass is 32.2. The summed E-state index contributed by atoms with van der Waals surface area (Å²) in [7, 11) is 0. The van der Waals surface area contributed by atoms with Crippen molar-refractivity contribution in [2.75, 3.05) is 18.9 Å². The van der Waals surface area contributed by atoms with E-state index in [0.29, 0.717) is 11.7 Å². The van der Waals surface area contributed by atoms with Gasteiger partial charge in [-0.25, -0.2) is 4.98 Å². The number of carbonyl (C=O) groups excluding carboxylic acids is 1. The summed E-state index contributed by atoms with van der Waals surface area (Å²) in [6, 6.07) is 10.3. The topological polar surface area (TPSA) is 56.2 Å². The summed E-state index contributed by atoms with van der Waals surface area (Å²) in [5, 5.41) is 3.87. The van der Waals surface area contributed by atoms with Gasteiger partial charge in [0.05, 0.1) is 30.3 Å². The molecule has 1 N–H and O–H groups in total. The van der Waals surface area contributed by atoms with Crippen molar-refractivity contribution in [1.82, 2.24) is 14.9 Å². The summed E-state index contributed by atoms with van der Waals surface area (Å²) < 4.78 is 8.04. The van der Waals surface area contributed by atoms with E-state index in [1.165, 1.54) is 11.8 Å². The highest BCUT2D eigenvalue weighted by molar-refractivity contribution is 7.99. The summed E-state index contributed by atoms with van der Waals surface area (Å²) in [5.74, 6) is 1.04. The van der Waals surface area contributed by atoms with Crippen LogP contribution in [0, 0.1) is 5.92 Å². The van der Waals surface area contributed by atoms with E-state index < -0.39 is 0 Å². The van der Waals surface area contributed by atoms with Crippen molar-refractivity contribution in [3.63, 3.8) is 0 Å². The van der Waals surface area contributed by atoms with E-state index in [2.05, 4.69) is 40.8 Å². The molecule has 0 unspecified atom stereocenters. The number of nitrogens with one attached hydrogen (secondary N) is 1. The maximum atomic E-state index is 12.1. The second kappa shape index (κ2) is 9.95. The van der Waals surface area contributed by atoms with E-state index in [9.17, 15) is 4.79 Å². The summed E-state index contributed by atoms with van der Waals surface area (Å²) in [4.78, 5) is 16.7. The third-order valence-corrected chi connectivity index (χ3v) is 5.67. The van der Waals surface area contributed by atoms with Gasteiger partial charge in [-0.15, -0.1) is 0 Å². The van der Waals surface area contributed by atoms with Crippen molar-refractivity contribution in [2.45, 2.75) is 50.9 Å². The number of benzene rings is 1. The first-order valence-corrected chi connectivity index (χ1v) is 10.7. The molecule has 1 aliphatic rings. The molecule has 1 amide bonds. The Balaban J connectivity index is 1.68. The Morgan fingerprint density at radius 1 is 1.37 bits per heavy atom. The van der Waals surface area contributed by atoms with E-state index in [1.807, 2.05) is 24.4 Å².